The van der Waals surface area contributed by atoms with E-state index in [1.54, 1.807) is 29.0 Å². The number of halogens is 3. The van der Waals surface area contributed by atoms with Crippen LogP contribution in [0.3, 0.4) is 0 Å². The summed E-state index contributed by atoms with van der Waals surface area (Å²) in [5, 5.41) is 2.77. The number of hydrogen-bond acceptors (Lipinski definition) is 2. The Hall–Kier alpha value is -3.09. The molecule has 26 heavy (non-hydrogen) atoms. The first-order chi connectivity index (χ1) is 12.4. The summed E-state index contributed by atoms with van der Waals surface area (Å²) in [4.78, 5) is 16.2. The lowest BCUT2D eigenvalue weighted by molar-refractivity contribution is -0.137. The van der Waals surface area contributed by atoms with Crippen molar-refractivity contribution in [1.29, 1.82) is 0 Å². The van der Waals surface area contributed by atoms with Crippen molar-refractivity contribution in [1.82, 2.24) is 14.9 Å². The van der Waals surface area contributed by atoms with Gasteiger partial charge in [0.05, 0.1) is 5.56 Å². The minimum Gasteiger partial charge on any atom is -0.352 e. The second kappa shape index (κ2) is 6.01. The molecular weight excluding hydrogens is 343 g/mol. The molecule has 1 aliphatic rings. The number of carbonyl (C=O) groups excluding carboxylic acids is 1. The fourth-order valence-corrected chi connectivity index (χ4v) is 3.19. The molecule has 0 atom stereocenters. The zero-order chi connectivity index (χ0) is 18.3. The van der Waals surface area contributed by atoms with Crippen LogP contribution in [0.15, 0.2) is 54.9 Å². The minimum absolute atomic E-state index is 0.00725. The molecule has 4 rings (SSSR count). The van der Waals surface area contributed by atoms with E-state index in [1.807, 2.05) is 6.07 Å². The lowest BCUT2D eigenvalue weighted by Gasteiger charge is -2.18. The molecule has 0 radical (unpaired) electrons. The smallest absolute Gasteiger partial charge is 0.352 e. The summed E-state index contributed by atoms with van der Waals surface area (Å²) in [6.07, 6.45) is -0.717. The number of amides is 1. The van der Waals surface area contributed by atoms with Crippen LogP contribution >= 0.6 is 0 Å². The molecule has 2 heterocycles. The Labute approximate surface area is 147 Å². The second-order valence-electron chi connectivity index (χ2n) is 6.01. The van der Waals surface area contributed by atoms with Gasteiger partial charge in [0, 0.05) is 35.8 Å². The van der Waals surface area contributed by atoms with E-state index >= 15 is 0 Å². The van der Waals surface area contributed by atoms with E-state index in [4.69, 9.17) is 0 Å². The number of alkyl halides is 3. The van der Waals surface area contributed by atoms with Crippen molar-refractivity contribution in [2.24, 2.45) is 0 Å². The van der Waals surface area contributed by atoms with E-state index in [0.717, 1.165) is 18.1 Å². The fraction of sp³-hybridized carbons (Fsp3) is 0.158. The summed E-state index contributed by atoms with van der Waals surface area (Å²) in [6.45, 7) is 0.584. The topological polar surface area (TPSA) is 46.9 Å². The van der Waals surface area contributed by atoms with Gasteiger partial charge in [0.2, 0.25) is 0 Å². The predicted molar refractivity (Wildman–Crippen MR) is 90.0 cm³/mol. The number of nitrogens with one attached hydrogen (secondary N) is 1. The van der Waals surface area contributed by atoms with Gasteiger partial charge in [-0.25, -0.2) is 4.98 Å². The number of aromatic nitrogens is 2. The quantitative estimate of drug-likeness (QED) is 0.757. The molecule has 0 fully saturated rings. The normalized spacial score (nSPS) is 14.0. The molecule has 0 bridgehead atoms. The number of rotatable bonds is 2. The van der Waals surface area contributed by atoms with Crippen molar-refractivity contribution >= 4 is 5.91 Å². The number of benzene rings is 2. The third-order valence-electron chi connectivity index (χ3n) is 4.41. The molecule has 132 valence electrons. The average Bonchev–Trinajstić information content (AvgIpc) is 3.11. The number of imidazole rings is 1. The van der Waals surface area contributed by atoms with E-state index in [-0.39, 0.29) is 17.3 Å². The Kier molecular flexibility index (Phi) is 3.79. The van der Waals surface area contributed by atoms with Crippen molar-refractivity contribution in [3.05, 3.63) is 71.5 Å². The molecule has 0 aliphatic carbocycles. The van der Waals surface area contributed by atoms with Gasteiger partial charge in [-0.1, -0.05) is 24.3 Å². The minimum atomic E-state index is -4.48. The first-order valence-electron chi connectivity index (χ1n) is 8.06. The highest BCUT2D eigenvalue weighted by atomic mass is 19.4. The first kappa shape index (κ1) is 16.4. The first-order valence-corrected chi connectivity index (χ1v) is 8.06. The zero-order valence-corrected chi connectivity index (χ0v) is 13.5. The molecule has 4 nitrogen and oxygen atoms in total. The highest BCUT2D eigenvalue weighted by Gasteiger charge is 2.34. The van der Waals surface area contributed by atoms with Gasteiger partial charge in [-0.3, -0.25) is 9.36 Å². The van der Waals surface area contributed by atoms with Gasteiger partial charge in [0.25, 0.3) is 5.91 Å². The largest absolute Gasteiger partial charge is 0.417 e. The molecular formula is C19H14F3N3O. The van der Waals surface area contributed by atoms with Crippen LogP contribution < -0.4 is 5.32 Å². The van der Waals surface area contributed by atoms with E-state index in [2.05, 4.69) is 10.3 Å². The maximum absolute atomic E-state index is 13.4. The third kappa shape index (κ3) is 2.75. The Morgan fingerprint density at radius 3 is 2.69 bits per heavy atom. The highest BCUT2D eigenvalue weighted by Crippen LogP contribution is 2.37. The number of hydrogen-bond donors (Lipinski definition) is 1. The van der Waals surface area contributed by atoms with Gasteiger partial charge < -0.3 is 5.32 Å². The van der Waals surface area contributed by atoms with Gasteiger partial charge in [-0.15, -0.1) is 0 Å². The fourth-order valence-electron chi connectivity index (χ4n) is 3.19. The van der Waals surface area contributed by atoms with E-state index < -0.39 is 11.7 Å². The van der Waals surface area contributed by atoms with Crippen LogP contribution in [0.25, 0.3) is 17.1 Å². The van der Waals surface area contributed by atoms with Crippen molar-refractivity contribution in [2.45, 2.75) is 12.6 Å². The molecule has 0 unspecified atom stereocenters. The standard InChI is InChI=1S/C19H14F3N3O/c20-19(21,22)16-4-2-1-3-14(16)17-23-9-10-25(17)13-6-5-12-7-8-24-18(26)15(12)11-13/h1-6,9-11H,7-8H2,(H,24,26). The lowest BCUT2D eigenvalue weighted by Crippen LogP contribution is -2.31. The van der Waals surface area contributed by atoms with E-state index in [0.29, 0.717) is 17.8 Å². The summed E-state index contributed by atoms with van der Waals surface area (Å²) in [5.74, 6) is -0.000417. The maximum Gasteiger partial charge on any atom is 0.417 e. The van der Waals surface area contributed by atoms with Crippen LogP contribution in [0.5, 0.6) is 0 Å². The highest BCUT2D eigenvalue weighted by molar-refractivity contribution is 5.97. The summed E-state index contributed by atoms with van der Waals surface area (Å²) in [6, 6.07) is 10.6. The second-order valence-corrected chi connectivity index (χ2v) is 6.01. The Balaban J connectivity index is 1.85. The maximum atomic E-state index is 13.4. The lowest BCUT2D eigenvalue weighted by atomic mass is 9.99. The van der Waals surface area contributed by atoms with Crippen LogP contribution in [0.4, 0.5) is 13.2 Å². The van der Waals surface area contributed by atoms with Crippen LogP contribution in [0, 0.1) is 0 Å². The molecule has 0 spiro atoms. The van der Waals surface area contributed by atoms with Crippen LogP contribution in [-0.2, 0) is 12.6 Å². The summed E-state index contributed by atoms with van der Waals surface area (Å²) in [5.41, 5.74) is 1.30. The van der Waals surface area contributed by atoms with E-state index in [1.165, 1.54) is 18.3 Å². The molecule has 1 aromatic heterocycles. The van der Waals surface area contributed by atoms with Crippen LogP contribution in [0.1, 0.15) is 21.5 Å². The van der Waals surface area contributed by atoms with Crippen molar-refractivity contribution in [2.75, 3.05) is 6.54 Å². The molecule has 0 saturated heterocycles. The molecule has 1 aliphatic heterocycles. The van der Waals surface area contributed by atoms with Crippen LogP contribution in [-0.4, -0.2) is 22.0 Å². The van der Waals surface area contributed by atoms with Gasteiger partial charge >= 0.3 is 6.18 Å². The summed E-state index contributed by atoms with van der Waals surface area (Å²) in [7, 11) is 0. The number of carbonyl (C=O) groups is 1. The third-order valence-corrected chi connectivity index (χ3v) is 4.41. The Morgan fingerprint density at radius 2 is 1.88 bits per heavy atom. The molecule has 3 aromatic rings. The number of fused-ring (bicyclic) bond motifs is 1. The van der Waals surface area contributed by atoms with Crippen molar-refractivity contribution in [3.63, 3.8) is 0 Å². The van der Waals surface area contributed by atoms with Crippen LogP contribution in [0.2, 0.25) is 0 Å². The van der Waals surface area contributed by atoms with Crippen molar-refractivity contribution in [3.8, 4) is 17.1 Å². The monoisotopic (exact) mass is 357 g/mol. The van der Waals surface area contributed by atoms with Gasteiger partial charge in [-0.2, -0.15) is 13.2 Å². The summed E-state index contributed by atoms with van der Waals surface area (Å²) < 4.78 is 41.6. The van der Waals surface area contributed by atoms with Gasteiger partial charge in [0.15, 0.2) is 0 Å². The summed E-state index contributed by atoms with van der Waals surface area (Å²) >= 11 is 0. The zero-order valence-electron chi connectivity index (χ0n) is 13.5. The van der Waals surface area contributed by atoms with Crippen molar-refractivity contribution < 1.29 is 18.0 Å². The molecule has 1 N–H and O–H groups in total. The van der Waals surface area contributed by atoms with Gasteiger partial charge in [-0.05, 0) is 30.2 Å². The van der Waals surface area contributed by atoms with E-state index in [9.17, 15) is 18.0 Å². The molecule has 7 heteroatoms. The average molecular weight is 357 g/mol. The SMILES string of the molecule is O=C1NCCc2ccc(-n3ccnc3-c3ccccc3C(F)(F)F)cc21. The predicted octanol–water partition coefficient (Wildman–Crippen LogP) is 3.84. The molecule has 1 amide bonds. The Morgan fingerprint density at radius 1 is 1.08 bits per heavy atom. The molecule has 0 saturated carbocycles. The molecule has 2 aromatic carbocycles. The van der Waals surface area contributed by atoms with Gasteiger partial charge in [0.1, 0.15) is 5.82 Å². The Bertz CT molecular complexity index is 992. The number of nitrogens with zero attached hydrogens (tertiary/aromatic N) is 2.